The molecule has 0 saturated carbocycles. The van der Waals surface area contributed by atoms with Gasteiger partial charge in [0.25, 0.3) is 5.91 Å². The molecule has 1 atom stereocenters. The largest absolute Gasteiger partial charge is 0.497 e. The molecule has 1 aromatic heterocycles. The number of rotatable bonds is 4. The Morgan fingerprint density at radius 1 is 1.18 bits per heavy atom. The number of anilines is 1. The van der Waals surface area contributed by atoms with Gasteiger partial charge in [0.1, 0.15) is 16.7 Å². The van der Waals surface area contributed by atoms with Crippen molar-refractivity contribution in [1.82, 2.24) is 4.90 Å². The van der Waals surface area contributed by atoms with Gasteiger partial charge in [0.05, 0.1) is 18.0 Å². The number of thiophene rings is 1. The van der Waals surface area contributed by atoms with Crippen molar-refractivity contribution in [3.8, 4) is 5.75 Å². The maximum Gasteiger partial charge on any atom is 0.266 e. The van der Waals surface area contributed by atoms with Gasteiger partial charge < -0.3 is 15.0 Å². The summed E-state index contributed by atoms with van der Waals surface area (Å²) < 4.78 is 6.09. The number of amides is 2. The third-order valence-corrected chi connectivity index (χ3v) is 7.21. The lowest BCUT2D eigenvalue weighted by Crippen LogP contribution is -2.44. The highest BCUT2D eigenvalue weighted by atomic mass is 35.5. The Morgan fingerprint density at radius 2 is 1.93 bits per heavy atom. The van der Waals surface area contributed by atoms with Crippen molar-refractivity contribution in [2.24, 2.45) is 0 Å². The van der Waals surface area contributed by atoms with E-state index in [9.17, 15) is 9.59 Å². The number of fused-ring (bicyclic) bond motifs is 1. The number of carbonyl (C=O) groups is 2. The average molecular weight is 433 g/mol. The monoisotopic (exact) mass is 432 g/mol. The lowest BCUT2D eigenvalue weighted by atomic mass is 10.2. The minimum atomic E-state index is -0.541. The fourth-order valence-corrected chi connectivity index (χ4v) is 5.66. The van der Waals surface area contributed by atoms with Crippen LogP contribution in [0.5, 0.6) is 5.75 Å². The standard InChI is InChI=1S/C20H17ClN2O3S2/c1-26-13-8-6-12(7-9-13)22-19(24)15-10-27-11-23(15)20(25)18-17(21)14-4-2-3-5-16(14)28-18/h2-9,15H,10-11H2,1H3,(H,22,24). The summed E-state index contributed by atoms with van der Waals surface area (Å²) in [6.45, 7) is 0. The van der Waals surface area contributed by atoms with Gasteiger partial charge in [-0.15, -0.1) is 23.1 Å². The van der Waals surface area contributed by atoms with Crippen LogP contribution in [0.4, 0.5) is 5.69 Å². The molecule has 2 amide bonds. The molecule has 8 heteroatoms. The van der Waals surface area contributed by atoms with E-state index in [0.717, 1.165) is 10.1 Å². The summed E-state index contributed by atoms with van der Waals surface area (Å²) in [6.07, 6.45) is 0. The Hall–Kier alpha value is -2.22. The van der Waals surface area contributed by atoms with E-state index in [4.69, 9.17) is 16.3 Å². The molecule has 5 nitrogen and oxygen atoms in total. The molecular weight excluding hydrogens is 416 g/mol. The van der Waals surface area contributed by atoms with Gasteiger partial charge in [-0.3, -0.25) is 9.59 Å². The van der Waals surface area contributed by atoms with Crippen molar-refractivity contribution in [3.05, 3.63) is 58.4 Å². The SMILES string of the molecule is COc1ccc(NC(=O)C2CSCN2C(=O)c2sc3ccccc3c2Cl)cc1. The first kappa shape index (κ1) is 19.1. The summed E-state index contributed by atoms with van der Waals surface area (Å²) in [7, 11) is 1.59. The number of methoxy groups -OCH3 is 1. The summed E-state index contributed by atoms with van der Waals surface area (Å²) in [5.74, 6) is 1.32. The van der Waals surface area contributed by atoms with Gasteiger partial charge in [-0.25, -0.2) is 0 Å². The molecule has 1 aliphatic rings. The maximum atomic E-state index is 13.1. The average Bonchev–Trinajstić information content (AvgIpc) is 3.34. The highest BCUT2D eigenvalue weighted by Gasteiger charge is 2.36. The lowest BCUT2D eigenvalue weighted by molar-refractivity contribution is -0.119. The number of benzene rings is 2. The number of halogens is 1. The third kappa shape index (κ3) is 3.57. The van der Waals surface area contributed by atoms with Crippen molar-refractivity contribution in [2.45, 2.75) is 6.04 Å². The highest BCUT2D eigenvalue weighted by molar-refractivity contribution is 7.99. The van der Waals surface area contributed by atoms with Gasteiger partial charge in [0, 0.05) is 21.5 Å². The van der Waals surface area contributed by atoms with Crippen LogP contribution >= 0.6 is 34.7 Å². The Bertz CT molecular complexity index is 1040. The van der Waals surface area contributed by atoms with Crippen LogP contribution in [0.2, 0.25) is 5.02 Å². The zero-order chi connectivity index (χ0) is 19.7. The number of hydrogen-bond donors (Lipinski definition) is 1. The molecule has 3 aromatic rings. The molecule has 2 aromatic carbocycles. The molecule has 1 aliphatic heterocycles. The molecule has 0 bridgehead atoms. The second-order valence-electron chi connectivity index (χ2n) is 6.25. The number of carbonyl (C=O) groups excluding carboxylic acids is 2. The topological polar surface area (TPSA) is 58.6 Å². The van der Waals surface area contributed by atoms with Crippen LogP contribution in [0.25, 0.3) is 10.1 Å². The fourth-order valence-electron chi connectivity index (χ4n) is 3.04. The third-order valence-electron chi connectivity index (χ3n) is 4.53. The van der Waals surface area contributed by atoms with E-state index in [1.54, 1.807) is 48.0 Å². The van der Waals surface area contributed by atoms with E-state index in [2.05, 4.69) is 5.32 Å². The molecule has 4 rings (SSSR count). The summed E-state index contributed by atoms with van der Waals surface area (Å²) in [5.41, 5.74) is 0.662. The molecule has 1 fully saturated rings. The van der Waals surface area contributed by atoms with E-state index in [1.165, 1.54) is 11.3 Å². The van der Waals surface area contributed by atoms with Crippen LogP contribution in [0.3, 0.4) is 0 Å². The quantitative estimate of drug-likeness (QED) is 0.648. The van der Waals surface area contributed by atoms with E-state index in [0.29, 0.717) is 33.0 Å². The first-order valence-corrected chi connectivity index (χ1v) is 10.9. The van der Waals surface area contributed by atoms with Crippen molar-refractivity contribution < 1.29 is 14.3 Å². The van der Waals surface area contributed by atoms with Crippen molar-refractivity contribution in [2.75, 3.05) is 24.1 Å². The van der Waals surface area contributed by atoms with Crippen LogP contribution in [-0.2, 0) is 4.79 Å². The van der Waals surface area contributed by atoms with E-state index >= 15 is 0 Å². The Labute approximate surface area is 175 Å². The molecule has 0 aliphatic carbocycles. The molecular formula is C20H17ClN2O3S2. The number of thioether (sulfide) groups is 1. The molecule has 144 valence electrons. The molecule has 28 heavy (non-hydrogen) atoms. The summed E-state index contributed by atoms with van der Waals surface area (Å²) >= 11 is 9.38. The van der Waals surface area contributed by atoms with Gasteiger partial charge in [0.2, 0.25) is 5.91 Å². The molecule has 0 radical (unpaired) electrons. The Balaban J connectivity index is 1.54. The maximum absolute atomic E-state index is 13.1. The van der Waals surface area contributed by atoms with Gasteiger partial charge >= 0.3 is 0 Å². The van der Waals surface area contributed by atoms with E-state index in [1.807, 2.05) is 24.3 Å². The van der Waals surface area contributed by atoms with Gasteiger partial charge in [-0.2, -0.15) is 0 Å². The predicted octanol–water partition coefficient (Wildman–Crippen LogP) is 4.72. The first-order valence-electron chi connectivity index (χ1n) is 8.59. The summed E-state index contributed by atoms with van der Waals surface area (Å²) in [6, 6.07) is 14.2. The second kappa shape index (κ2) is 8.03. The van der Waals surface area contributed by atoms with Crippen molar-refractivity contribution in [3.63, 3.8) is 0 Å². The van der Waals surface area contributed by atoms with Crippen LogP contribution < -0.4 is 10.1 Å². The molecule has 2 heterocycles. The lowest BCUT2D eigenvalue weighted by Gasteiger charge is -2.22. The van der Waals surface area contributed by atoms with E-state index in [-0.39, 0.29) is 11.8 Å². The Morgan fingerprint density at radius 3 is 2.64 bits per heavy atom. The van der Waals surface area contributed by atoms with Gasteiger partial charge in [-0.1, -0.05) is 29.8 Å². The molecule has 1 N–H and O–H groups in total. The predicted molar refractivity (Wildman–Crippen MR) is 116 cm³/mol. The molecule has 1 unspecified atom stereocenters. The van der Waals surface area contributed by atoms with Crippen LogP contribution in [0.15, 0.2) is 48.5 Å². The molecule has 1 saturated heterocycles. The molecule has 0 spiro atoms. The second-order valence-corrected chi connectivity index (χ2v) is 8.68. The first-order chi connectivity index (χ1) is 13.6. The smallest absolute Gasteiger partial charge is 0.266 e. The number of ether oxygens (including phenoxy) is 1. The zero-order valence-electron chi connectivity index (χ0n) is 15.0. The zero-order valence-corrected chi connectivity index (χ0v) is 17.4. The van der Waals surface area contributed by atoms with Crippen LogP contribution in [0.1, 0.15) is 9.67 Å². The normalized spacial score (nSPS) is 16.4. The Kier molecular flexibility index (Phi) is 5.48. The van der Waals surface area contributed by atoms with Crippen LogP contribution in [-0.4, -0.2) is 41.5 Å². The van der Waals surface area contributed by atoms with Crippen molar-refractivity contribution >= 4 is 62.3 Å². The summed E-state index contributed by atoms with van der Waals surface area (Å²) in [4.78, 5) is 28.0. The minimum Gasteiger partial charge on any atom is -0.497 e. The van der Waals surface area contributed by atoms with Crippen LogP contribution in [0, 0.1) is 0 Å². The number of hydrogen-bond acceptors (Lipinski definition) is 5. The fraction of sp³-hybridized carbons (Fsp3) is 0.200. The van der Waals surface area contributed by atoms with E-state index < -0.39 is 6.04 Å². The minimum absolute atomic E-state index is 0.203. The summed E-state index contributed by atoms with van der Waals surface area (Å²) in [5, 5.41) is 4.20. The highest BCUT2D eigenvalue weighted by Crippen LogP contribution is 2.37. The number of nitrogens with one attached hydrogen (secondary N) is 1. The van der Waals surface area contributed by atoms with Gasteiger partial charge in [-0.05, 0) is 30.3 Å². The van der Waals surface area contributed by atoms with Gasteiger partial charge in [0.15, 0.2) is 0 Å². The number of nitrogens with zero attached hydrogens (tertiary/aromatic N) is 1. The van der Waals surface area contributed by atoms with Crippen molar-refractivity contribution in [1.29, 1.82) is 0 Å².